The normalized spacial score (nSPS) is 13.0. The summed E-state index contributed by atoms with van der Waals surface area (Å²) in [4.78, 5) is 22.1. The van der Waals surface area contributed by atoms with Crippen molar-refractivity contribution >= 4 is 17.4 Å². The topological polar surface area (TPSA) is 71.3 Å². The van der Waals surface area contributed by atoms with Crippen molar-refractivity contribution in [2.24, 2.45) is 0 Å². The van der Waals surface area contributed by atoms with E-state index in [9.17, 15) is 4.79 Å². The van der Waals surface area contributed by atoms with Crippen LogP contribution in [0.25, 0.3) is 28.2 Å². The lowest BCUT2D eigenvalue weighted by molar-refractivity contribution is 0.0951. The number of aryl methyl sites for hydroxylation is 1. The molecule has 0 radical (unpaired) electrons. The van der Waals surface area contributed by atoms with E-state index < -0.39 is 0 Å². The third-order valence-electron chi connectivity index (χ3n) is 6.69. The van der Waals surface area contributed by atoms with Gasteiger partial charge in [-0.2, -0.15) is 0 Å². The first kappa shape index (κ1) is 23.0. The van der Waals surface area contributed by atoms with E-state index in [1.54, 1.807) is 0 Å². The molecule has 1 aliphatic rings. The Morgan fingerprint density at radius 3 is 2.35 bits per heavy atom. The number of carbonyl (C=O) groups is 1. The van der Waals surface area contributed by atoms with Crippen molar-refractivity contribution in [3.8, 4) is 22.5 Å². The molecule has 6 nitrogen and oxygen atoms in total. The molecule has 0 spiro atoms. The average molecular weight is 488 g/mol. The van der Waals surface area contributed by atoms with E-state index in [0.29, 0.717) is 11.6 Å². The number of carbonyl (C=O) groups excluding carboxylic acids is 1. The van der Waals surface area contributed by atoms with Gasteiger partial charge in [-0.05, 0) is 43.4 Å². The van der Waals surface area contributed by atoms with E-state index in [-0.39, 0.29) is 5.91 Å². The molecule has 0 unspecified atom stereocenters. The standard InChI is InChI=1S/C31H29N5O/c37-31(34-26-17-18-26)25-15-13-24(14-16-25)28-20-33-30-29(32-19-7-10-22-8-3-1-4-9-22)35-27(21-36(28)30)23-11-5-2-6-12-23/h1-6,8-9,11-16,20-21,26H,7,10,17-19H2,(H,32,35)(H,34,37). The van der Waals surface area contributed by atoms with Gasteiger partial charge in [-0.1, -0.05) is 72.8 Å². The van der Waals surface area contributed by atoms with Crippen molar-refractivity contribution < 1.29 is 4.79 Å². The molecule has 37 heavy (non-hydrogen) atoms. The number of nitrogens with zero attached hydrogens (tertiary/aromatic N) is 3. The molecule has 6 rings (SSSR count). The molecule has 184 valence electrons. The Balaban J connectivity index is 1.29. The smallest absolute Gasteiger partial charge is 0.251 e. The number of benzene rings is 3. The van der Waals surface area contributed by atoms with E-state index in [1.165, 1.54) is 5.56 Å². The third-order valence-corrected chi connectivity index (χ3v) is 6.69. The summed E-state index contributed by atoms with van der Waals surface area (Å²) in [7, 11) is 0. The van der Waals surface area contributed by atoms with E-state index in [2.05, 4.69) is 51.4 Å². The van der Waals surface area contributed by atoms with Gasteiger partial charge < -0.3 is 10.6 Å². The Kier molecular flexibility index (Phi) is 6.38. The molecule has 2 heterocycles. The highest BCUT2D eigenvalue weighted by Crippen LogP contribution is 2.28. The highest BCUT2D eigenvalue weighted by molar-refractivity contribution is 5.95. The molecule has 6 heteroatoms. The first-order valence-electron chi connectivity index (χ1n) is 12.9. The van der Waals surface area contributed by atoms with Crippen LogP contribution in [0, 0.1) is 0 Å². The second-order valence-electron chi connectivity index (χ2n) is 9.52. The van der Waals surface area contributed by atoms with Crippen LogP contribution in [0.2, 0.25) is 0 Å². The third kappa shape index (κ3) is 5.23. The minimum Gasteiger partial charge on any atom is -0.367 e. The van der Waals surface area contributed by atoms with Crippen LogP contribution in [0.4, 0.5) is 5.82 Å². The minimum atomic E-state index is -0.00950. The molecule has 1 saturated carbocycles. The second kappa shape index (κ2) is 10.3. The van der Waals surface area contributed by atoms with Gasteiger partial charge in [0.25, 0.3) is 5.91 Å². The van der Waals surface area contributed by atoms with E-state index in [4.69, 9.17) is 9.97 Å². The van der Waals surface area contributed by atoms with Crippen molar-refractivity contribution in [3.05, 3.63) is 108 Å². The number of amides is 1. The Morgan fingerprint density at radius 1 is 0.892 bits per heavy atom. The molecule has 0 saturated heterocycles. The zero-order valence-electron chi connectivity index (χ0n) is 20.6. The molecule has 0 aliphatic heterocycles. The van der Waals surface area contributed by atoms with E-state index in [0.717, 1.165) is 66.2 Å². The number of imidazole rings is 1. The first-order valence-corrected chi connectivity index (χ1v) is 12.9. The van der Waals surface area contributed by atoms with Gasteiger partial charge >= 0.3 is 0 Å². The summed E-state index contributed by atoms with van der Waals surface area (Å²) in [6.45, 7) is 0.794. The molecule has 1 amide bonds. The van der Waals surface area contributed by atoms with Crippen LogP contribution in [0.5, 0.6) is 0 Å². The number of anilines is 1. The Morgan fingerprint density at radius 2 is 1.62 bits per heavy atom. The summed E-state index contributed by atoms with van der Waals surface area (Å²) >= 11 is 0. The van der Waals surface area contributed by atoms with Gasteiger partial charge in [-0.15, -0.1) is 0 Å². The molecule has 2 aromatic heterocycles. The van der Waals surface area contributed by atoms with Crippen LogP contribution in [0.15, 0.2) is 97.3 Å². The fourth-order valence-electron chi connectivity index (χ4n) is 4.50. The maximum absolute atomic E-state index is 12.4. The summed E-state index contributed by atoms with van der Waals surface area (Å²) in [5, 5.41) is 6.58. The fraction of sp³-hybridized carbons (Fsp3) is 0.194. The molecule has 1 fully saturated rings. The highest BCUT2D eigenvalue weighted by atomic mass is 16.1. The summed E-state index contributed by atoms with van der Waals surface area (Å²) in [5.41, 5.74) is 6.66. The molecule has 2 N–H and O–H groups in total. The van der Waals surface area contributed by atoms with Gasteiger partial charge in [0.05, 0.1) is 17.6 Å². The van der Waals surface area contributed by atoms with Crippen LogP contribution in [0.1, 0.15) is 35.2 Å². The lowest BCUT2D eigenvalue weighted by Gasteiger charge is -2.12. The summed E-state index contributed by atoms with van der Waals surface area (Å²) in [6, 6.07) is 28.8. The largest absolute Gasteiger partial charge is 0.367 e. The number of hydrogen-bond donors (Lipinski definition) is 2. The highest BCUT2D eigenvalue weighted by Gasteiger charge is 2.23. The molecule has 1 aliphatic carbocycles. The average Bonchev–Trinajstić information content (AvgIpc) is 3.66. The minimum absolute atomic E-state index is 0.00950. The van der Waals surface area contributed by atoms with Gasteiger partial charge in [0.1, 0.15) is 0 Å². The Bertz CT molecular complexity index is 1510. The van der Waals surface area contributed by atoms with Gasteiger partial charge in [0.2, 0.25) is 0 Å². The van der Waals surface area contributed by atoms with Crippen molar-refractivity contribution in [1.29, 1.82) is 0 Å². The fourth-order valence-corrected chi connectivity index (χ4v) is 4.50. The first-order chi connectivity index (χ1) is 18.2. The lowest BCUT2D eigenvalue weighted by Crippen LogP contribution is -2.25. The number of hydrogen-bond acceptors (Lipinski definition) is 4. The van der Waals surface area contributed by atoms with Gasteiger partial charge in [-0.3, -0.25) is 9.20 Å². The van der Waals surface area contributed by atoms with Crippen LogP contribution >= 0.6 is 0 Å². The Labute approximate surface area is 216 Å². The summed E-state index contributed by atoms with van der Waals surface area (Å²) in [5.74, 6) is 0.755. The van der Waals surface area contributed by atoms with Gasteiger partial charge in [0.15, 0.2) is 11.5 Å². The summed E-state index contributed by atoms with van der Waals surface area (Å²) < 4.78 is 2.09. The Hall–Kier alpha value is -4.45. The van der Waals surface area contributed by atoms with Crippen LogP contribution in [-0.4, -0.2) is 32.9 Å². The van der Waals surface area contributed by atoms with Crippen molar-refractivity contribution in [2.45, 2.75) is 31.7 Å². The monoisotopic (exact) mass is 487 g/mol. The molecule has 5 aromatic rings. The molecule has 3 aromatic carbocycles. The summed E-state index contributed by atoms with van der Waals surface area (Å²) in [6.07, 6.45) is 8.06. The second-order valence-corrected chi connectivity index (χ2v) is 9.52. The maximum Gasteiger partial charge on any atom is 0.251 e. The van der Waals surface area contributed by atoms with Crippen LogP contribution < -0.4 is 10.6 Å². The predicted octanol–water partition coefficient (Wildman–Crippen LogP) is 6.00. The molecular formula is C31H29N5O. The molecule has 0 atom stereocenters. The molecular weight excluding hydrogens is 458 g/mol. The maximum atomic E-state index is 12.4. The van der Waals surface area contributed by atoms with Crippen LogP contribution in [0.3, 0.4) is 0 Å². The lowest BCUT2D eigenvalue weighted by atomic mass is 10.1. The van der Waals surface area contributed by atoms with Gasteiger partial charge in [0, 0.05) is 35.5 Å². The number of nitrogens with one attached hydrogen (secondary N) is 2. The SMILES string of the molecule is O=C(NC1CC1)c1ccc(-c2cnc3c(NCCCc4ccccc4)nc(-c4ccccc4)cn23)cc1. The quantitative estimate of drug-likeness (QED) is 0.250. The number of rotatable bonds is 9. The zero-order chi connectivity index (χ0) is 25.0. The van der Waals surface area contributed by atoms with Crippen molar-refractivity contribution in [2.75, 3.05) is 11.9 Å². The van der Waals surface area contributed by atoms with E-state index >= 15 is 0 Å². The van der Waals surface area contributed by atoms with Crippen LogP contribution in [-0.2, 0) is 6.42 Å². The number of fused-ring (bicyclic) bond motifs is 1. The zero-order valence-corrected chi connectivity index (χ0v) is 20.6. The van der Waals surface area contributed by atoms with Gasteiger partial charge in [-0.25, -0.2) is 9.97 Å². The van der Waals surface area contributed by atoms with Crippen molar-refractivity contribution in [3.63, 3.8) is 0 Å². The molecule has 0 bridgehead atoms. The predicted molar refractivity (Wildman–Crippen MR) is 148 cm³/mol. The van der Waals surface area contributed by atoms with E-state index in [1.807, 2.05) is 60.9 Å². The van der Waals surface area contributed by atoms with Crippen molar-refractivity contribution in [1.82, 2.24) is 19.7 Å². The number of aromatic nitrogens is 3.